The number of aromatic amines is 1. The van der Waals surface area contributed by atoms with Gasteiger partial charge in [0.1, 0.15) is 5.82 Å². The van der Waals surface area contributed by atoms with E-state index in [4.69, 9.17) is 0 Å². The predicted octanol–water partition coefficient (Wildman–Crippen LogP) is 1.69. The van der Waals surface area contributed by atoms with Gasteiger partial charge in [-0.3, -0.25) is 0 Å². The Morgan fingerprint density at radius 2 is 2.29 bits per heavy atom. The number of hydrogen-bond acceptors (Lipinski definition) is 2. The molecule has 1 aliphatic rings. The van der Waals surface area contributed by atoms with E-state index < -0.39 is 0 Å². The number of nitrogens with one attached hydrogen (secondary N) is 1. The quantitative estimate of drug-likeness (QED) is 0.849. The van der Waals surface area contributed by atoms with Crippen molar-refractivity contribution in [2.24, 2.45) is 5.92 Å². The SMILES string of the molecule is CC1CCN(C(=O)N(C)Cc2ncc[nH]2)CC1. The van der Waals surface area contributed by atoms with E-state index >= 15 is 0 Å². The zero-order valence-electron chi connectivity index (χ0n) is 10.5. The number of H-pyrrole nitrogens is 1. The van der Waals surface area contributed by atoms with E-state index in [0.717, 1.165) is 37.7 Å². The summed E-state index contributed by atoms with van der Waals surface area (Å²) < 4.78 is 0. The Labute approximate surface area is 102 Å². The lowest BCUT2D eigenvalue weighted by molar-refractivity contribution is 0.140. The third-order valence-corrected chi connectivity index (χ3v) is 3.32. The minimum Gasteiger partial charge on any atom is -0.347 e. The molecule has 1 fully saturated rings. The van der Waals surface area contributed by atoms with Crippen molar-refractivity contribution in [1.29, 1.82) is 0 Å². The summed E-state index contributed by atoms with van der Waals surface area (Å²) in [5.41, 5.74) is 0. The van der Waals surface area contributed by atoms with Crippen molar-refractivity contribution in [2.45, 2.75) is 26.3 Å². The van der Waals surface area contributed by atoms with Crippen LogP contribution in [0.5, 0.6) is 0 Å². The third kappa shape index (κ3) is 2.99. The first-order valence-electron chi connectivity index (χ1n) is 6.15. The van der Waals surface area contributed by atoms with Gasteiger partial charge in [0.15, 0.2) is 0 Å². The van der Waals surface area contributed by atoms with Crippen molar-refractivity contribution in [1.82, 2.24) is 19.8 Å². The van der Waals surface area contributed by atoms with Crippen molar-refractivity contribution in [2.75, 3.05) is 20.1 Å². The fourth-order valence-corrected chi connectivity index (χ4v) is 2.12. The second kappa shape index (κ2) is 5.21. The van der Waals surface area contributed by atoms with Crippen LogP contribution in [-0.4, -0.2) is 45.9 Å². The Bertz CT molecular complexity index is 355. The van der Waals surface area contributed by atoms with Crippen LogP contribution in [0.1, 0.15) is 25.6 Å². The van der Waals surface area contributed by atoms with Crippen LogP contribution in [0.4, 0.5) is 4.79 Å². The molecule has 0 radical (unpaired) electrons. The summed E-state index contributed by atoms with van der Waals surface area (Å²) in [7, 11) is 1.82. The van der Waals surface area contributed by atoms with E-state index in [1.165, 1.54) is 0 Å². The molecule has 0 aliphatic carbocycles. The maximum absolute atomic E-state index is 12.1. The average Bonchev–Trinajstić information content (AvgIpc) is 2.82. The predicted molar refractivity (Wildman–Crippen MR) is 65.4 cm³/mol. The van der Waals surface area contributed by atoms with Crippen LogP contribution in [0.25, 0.3) is 0 Å². The van der Waals surface area contributed by atoms with Crippen molar-refractivity contribution in [3.8, 4) is 0 Å². The molecule has 5 nitrogen and oxygen atoms in total. The molecule has 2 amide bonds. The highest BCUT2D eigenvalue weighted by atomic mass is 16.2. The molecule has 0 spiro atoms. The monoisotopic (exact) mass is 236 g/mol. The van der Waals surface area contributed by atoms with Gasteiger partial charge >= 0.3 is 6.03 Å². The number of carbonyl (C=O) groups excluding carboxylic acids is 1. The molecule has 0 unspecified atom stereocenters. The number of imidazole rings is 1. The molecular weight excluding hydrogens is 216 g/mol. The molecule has 0 atom stereocenters. The molecule has 0 aromatic carbocycles. The third-order valence-electron chi connectivity index (χ3n) is 3.32. The zero-order valence-corrected chi connectivity index (χ0v) is 10.5. The molecule has 2 rings (SSSR count). The molecule has 2 heterocycles. The van der Waals surface area contributed by atoms with Crippen LogP contribution in [0, 0.1) is 5.92 Å². The van der Waals surface area contributed by atoms with Gasteiger partial charge in [0, 0.05) is 32.5 Å². The van der Waals surface area contributed by atoms with E-state index in [9.17, 15) is 4.79 Å². The fraction of sp³-hybridized carbons (Fsp3) is 0.667. The minimum absolute atomic E-state index is 0.105. The molecule has 1 aromatic rings. The fourth-order valence-electron chi connectivity index (χ4n) is 2.12. The summed E-state index contributed by atoms with van der Waals surface area (Å²) >= 11 is 0. The van der Waals surface area contributed by atoms with Crippen molar-refractivity contribution >= 4 is 6.03 Å². The maximum atomic E-state index is 12.1. The van der Waals surface area contributed by atoms with Crippen LogP contribution >= 0.6 is 0 Å². The molecule has 0 bridgehead atoms. The summed E-state index contributed by atoms with van der Waals surface area (Å²) in [5, 5.41) is 0. The van der Waals surface area contributed by atoms with E-state index in [1.807, 2.05) is 11.9 Å². The van der Waals surface area contributed by atoms with Gasteiger partial charge in [0.2, 0.25) is 0 Å². The number of likely N-dealkylation sites (tertiary alicyclic amines) is 1. The Kier molecular flexibility index (Phi) is 3.66. The van der Waals surface area contributed by atoms with Crippen LogP contribution < -0.4 is 0 Å². The van der Waals surface area contributed by atoms with Crippen LogP contribution in [0.2, 0.25) is 0 Å². The van der Waals surface area contributed by atoms with Crippen molar-refractivity contribution < 1.29 is 4.79 Å². The van der Waals surface area contributed by atoms with Gasteiger partial charge in [-0.05, 0) is 18.8 Å². The Hall–Kier alpha value is -1.52. The maximum Gasteiger partial charge on any atom is 0.320 e. The number of piperidine rings is 1. The summed E-state index contributed by atoms with van der Waals surface area (Å²) in [6.07, 6.45) is 5.70. The van der Waals surface area contributed by atoms with Crippen LogP contribution in [-0.2, 0) is 6.54 Å². The van der Waals surface area contributed by atoms with Crippen molar-refractivity contribution in [3.05, 3.63) is 18.2 Å². The molecule has 1 aliphatic heterocycles. The number of aromatic nitrogens is 2. The number of urea groups is 1. The van der Waals surface area contributed by atoms with Crippen LogP contribution in [0.15, 0.2) is 12.4 Å². The lowest BCUT2D eigenvalue weighted by atomic mass is 10.00. The van der Waals surface area contributed by atoms with Gasteiger partial charge in [0.05, 0.1) is 6.54 Å². The number of nitrogens with zero attached hydrogens (tertiary/aromatic N) is 3. The highest BCUT2D eigenvalue weighted by molar-refractivity contribution is 5.74. The second-order valence-corrected chi connectivity index (χ2v) is 4.84. The highest BCUT2D eigenvalue weighted by Crippen LogP contribution is 2.17. The molecule has 1 N–H and O–H groups in total. The number of rotatable bonds is 2. The first kappa shape index (κ1) is 12.0. The van der Waals surface area contributed by atoms with Gasteiger partial charge in [0.25, 0.3) is 0 Å². The van der Waals surface area contributed by atoms with Gasteiger partial charge in [-0.25, -0.2) is 9.78 Å². The smallest absolute Gasteiger partial charge is 0.320 e. The molecule has 1 saturated heterocycles. The summed E-state index contributed by atoms with van der Waals surface area (Å²) in [5.74, 6) is 1.57. The topological polar surface area (TPSA) is 52.2 Å². The lowest BCUT2D eigenvalue weighted by Crippen LogP contribution is -2.44. The standard InChI is InChI=1S/C12H20N4O/c1-10-3-7-16(8-4-10)12(17)15(2)9-11-13-5-6-14-11/h5-6,10H,3-4,7-9H2,1-2H3,(H,13,14). The first-order valence-corrected chi connectivity index (χ1v) is 6.15. The molecule has 1 aromatic heterocycles. The highest BCUT2D eigenvalue weighted by Gasteiger charge is 2.23. The van der Waals surface area contributed by atoms with Gasteiger partial charge in [-0.15, -0.1) is 0 Å². The summed E-state index contributed by atoms with van der Waals surface area (Å²) in [4.78, 5) is 22.9. The minimum atomic E-state index is 0.105. The molecule has 94 valence electrons. The summed E-state index contributed by atoms with van der Waals surface area (Å²) in [6, 6.07) is 0.105. The molecule has 5 heteroatoms. The normalized spacial score (nSPS) is 17.2. The van der Waals surface area contributed by atoms with Crippen molar-refractivity contribution in [3.63, 3.8) is 0 Å². The molecule has 17 heavy (non-hydrogen) atoms. The first-order chi connectivity index (χ1) is 8.16. The van der Waals surface area contributed by atoms with E-state index in [1.54, 1.807) is 17.3 Å². The Morgan fingerprint density at radius 3 is 2.88 bits per heavy atom. The van der Waals surface area contributed by atoms with E-state index in [2.05, 4.69) is 16.9 Å². The summed E-state index contributed by atoms with van der Waals surface area (Å²) in [6.45, 7) is 4.54. The number of hydrogen-bond donors (Lipinski definition) is 1. The largest absolute Gasteiger partial charge is 0.347 e. The van der Waals surface area contributed by atoms with Gasteiger partial charge in [-0.1, -0.05) is 6.92 Å². The number of amides is 2. The average molecular weight is 236 g/mol. The number of carbonyl (C=O) groups is 1. The van der Waals surface area contributed by atoms with Gasteiger partial charge in [-0.2, -0.15) is 0 Å². The van der Waals surface area contributed by atoms with E-state index in [-0.39, 0.29) is 6.03 Å². The van der Waals surface area contributed by atoms with Gasteiger partial charge < -0.3 is 14.8 Å². The Morgan fingerprint density at radius 1 is 1.59 bits per heavy atom. The zero-order chi connectivity index (χ0) is 12.3. The Balaban J connectivity index is 1.86. The van der Waals surface area contributed by atoms with E-state index in [0.29, 0.717) is 6.54 Å². The second-order valence-electron chi connectivity index (χ2n) is 4.84. The van der Waals surface area contributed by atoms with Crippen LogP contribution in [0.3, 0.4) is 0 Å². The lowest BCUT2D eigenvalue weighted by Gasteiger charge is -2.33. The molecule has 0 saturated carbocycles. The molecular formula is C12H20N4O.